The van der Waals surface area contributed by atoms with E-state index >= 15 is 0 Å². The molecule has 0 saturated heterocycles. The lowest BCUT2D eigenvalue weighted by Gasteiger charge is -2.22. The van der Waals surface area contributed by atoms with Gasteiger partial charge in [-0.15, -0.1) is 5.10 Å². The number of nitrogens with zero attached hydrogens (tertiary/aromatic N) is 6. The van der Waals surface area contributed by atoms with Crippen LogP contribution in [0.5, 0.6) is 0 Å². The Morgan fingerprint density at radius 2 is 1.94 bits per heavy atom. The van der Waals surface area contributed by atoms with E-state index in [2.05, 4.69) is 15.1 Å². The van der Waals surface area contributed by atoms with Crippen LogP contribution in [-0.2, 0) is 19.1 Å². The van der Waals surface area contributed by atoms with Crippen LogP contribution in [0.1, 0.15) is 43.6 Å². The second-order valence-corrected chi connectivity index (χ2v) is 8.37. The van der Waals surface area contributed by atoms with E-state index in [1.54, 1.807) is 23.7 Å². The summed E-state index contributed by atoms with van der Waals surface area (Å²) < 4.78 is 22.9. The fourth-order valence-corrected chi connectivity index (χ4v) is 4.48. The maximum Gasteiger partial charge on any atom is 0.437 e. The van der Waals surface area contributed by atoms with Gasteiger partial charge in [0.2, 0.25) is 5.89 Å². The second kappa shape index (κ2) is 7.00. The summed E-state index contributed by atoms with van der Waals surface area (Å²) in [5, 5.41) is 4.40. The molecule has 31 heavy (non-hydrogen) atoms. The van der Waals surface area contributed by atoms with Gasteiger partial charge in [0.15, 0.2) is 11.2 Å². The van der Waals surface area contributed by atoms with Crippen LogP contribution in [0.2, 0.25) is 0 Å². The summed E-state index contributed by atoms with van der Waals surface area (Å²) in [7, 11) is 1.72. The predicted octanol–water partition coefficient (Wildman–Crippen LogP) is 2.15. The van der Waals surface area contributed by atoms with Gasteiger partial charge in [-0.05, 0) is 49.8 Å². The Morgan fingerprint density at radius 3 is 2.71 bits per heavy atom. The molecule has 1 fully saturated rings. The average Bonchev–Trinajstić information content (AvgIpc) is 3.43. The molecule has 1 aliphatic rings. The Labute approximate surface area is 175 Å². The van der Waals surface area contributed by atoms with Gasteiger partial charge >= 0.3 is 5.76 Å². The molecule has 1 saturated carbocycles. The first-order chi connectivity index (χ1) is 14.8. The van der Waals surface area contributed by atoms with E-state index in [9.17, 15) is 14.0 Å². The Hall–Kier alpha value is -3.56. The maximum atomic E-state index is 13.2. The van der Waals surface area contributed by atoms with Crippen LogP contribution in [0.15, 0.2) is 50.9 Å². The maximum absolute atomic E-state index is 13.2. The fraction of sp³-hybridized carbons (Fsp3) is 0.381. The molecule has 1 aromatic carbocycles. The first-order valence-electron chi connectivity index (χ1n) is 10.1. The minimum atomic E-state index is -0.556. The van der Waals surface area contributed by atoms with E-state index < -0.39 is 11.3 Å². The van der Waals surface area contributed by atoms with E-state index in [4.69, 9.17) is 4.42 Å². The van der Waals surface area contributed by atoms with Crippen molar-refractivity contribution in [2.75, 3.05) is 0 Å². The molecule has 10 heteroatoms. The van der Waals surface area contributed by atoms with Crippen molar-refractivity contribution >= 4 is 11.2 Å². The number of hydrogen-bond acceptors (Lipinski definition) is 6. The van der Waals surface area contributed by atoms with Crippen molar-refractivity contribution in [1.29, 1.82) is 0 Å². The lowest BCUT2D eigenvalue weighted by molar-refractivity contribution is 0.270. The van der Waals surface area contributed by atoms with Crippen molar-refractivity contribution in [3.8, 4) is 0 Å². The molecule has 4 aromatic rings. The number of imidazole rings is 1. The molecule has 160 valence electrons. The van der Waals surface area contributed by atoms with Gasteiger partial charge in [0.1, 0.15) is 18.7 Å². The van der Waals surface area contributed by atoms with Crippen molar-refractivity contribution in [2.24, 2.45) is 7.05 Å². The van der Waals surface area contributed by atoms with Crippen molar-refractivity contribution < 1.29 is 8.81 Å². The Balaban J connectivity index is 1.42. The Morgan fingerprint density at radius 1 is 1.19 bits per heavy atom. The summed E-state index contributed by atoms with van der Waals surface area (Å²) in [5.74, 6) is -0.477. The summed E-state index contributed by atoms with van der Waals surface area (Å²) in [6.07, 6.45) is 5.18. The quantitative estimate of drug-likeness (QED) is 0.498. The average molecular weight is 424 g/mol. The van der Waals surface area contributed by atoms with Crippen LogP contribution in [-0.4, -0.2) is 28.9 Å². The number of benzene rings is 1. The Kier molecular flexibility index (Phi) is 4.38. The van der Waals surface area contributed by atoms with Crippen LogP contribution in [0.4, 0.5) is 4.39 Å². The molecule has 0 spiro atoms. The van der Waals surface area contributed by atoms with Crippen LogP contribution >= 0.6 is 0 Å². The molecule has 0 amide bonds. The largest absolute Gasteiger partial charge is 0.437 e. The molecule has 0 aliphatic heterocycles. The molecule has 0 bridgehead atoms. The summed E-state index contributed by atoms with van der Waals surface area (Å²) in [4.78, 5) is 33.6. The standard InChI is InChI=1S/C21H21FN6O3/c1-21(8-7-14(9-21)13-3-5-15(22)6-4-13)28-20(30)31-16(25-28)10-27-12-24-18-17(19(27)29)26(2)11-23-18/h3-6,11-12,14H,7-10H2,1-2H3/t14-,21+/m1/s1. The van der Waals surface area contributed by atoms with E-state index in [1.165, 1.54) is 34.0 Å². The number of fused-ring (bicyclic) bond motifs is 1. The van der Waals surface area contributed by atoms with Crippen LogP contribution in [0.3, 0.4) is 0 Å². The van der Waals surface area contributed by atoms with Gasteiger partial charge in [-0.3, -0.25) is 9.36 Å². The van der Waals surface area contributed by atoms with Crippen molar-refractivity contribution in [3.63, 3.8) is 0 Å². The zero-order chi connectivity index (χ0) is 21.8. The van der Waals surface area contributed by atoms with Crippen LogP contribution in [0, 0.1) is 5.82 Å². The topological polar surface area (TPSA) is 101 Å². The monoisotopic (exact) mass is 424 g/mol. The zero-order valence-electron chi connectivity index (χ0n) is 17.2. The molecule has 9 nitrogen and oxygen atoms in total. The molecule has 5 rings (SSSR count). The first kappa shape index (κ1) is 19.4. The highest BCUT2D eigenvalue weighted by Gasteiger charge is 2.40. The number of hydrogen-bond donors (Lipinski definition) is 0. The first-order valence-corrected chi connectivity index (χ1v) is 10.1. The summed E-state index contributed by atoms with van der Waals surface area (Å²) in [6.45, 7) is 1.96. The summed E-state index contributed by atoms with van der Waals surface area (Å²) >= 11 is 0. The molecule has 0 radical (unpaired) electrons. The van der Waals surface area contributed by atoms with E-state index in [0.717, 1.165) is 18.4 Å². The summed E-state index contributed by atoms with van der Waals surface area (Å²) in [6, 6.07) is 6.49. The van der Waals surface area contributed by atoms with E-state index in [-0.39, 0.29) is 29.7 Å². The molecule has 1 aliphatic carbocycles. The van der Waals surface area contributed by atoms with Crippen molar-refractivity contribution in [2.45, 2.75) is 44.2 Å². The third kappa shape index (κ3) is 3.28. The van der Waals surface area contributed by atoms with Gasteiger partial charge in [0.05, 0.1) is 11.9 Å². The van der Waals surface area contributed by atoms with Crippen LogP contribution < -0.4 is 11.3 Å². The second-order valence-electron chi connectivity index (χ2n) is 8.37. The lowest BCUT2D eigenvalue weighted by atomic mass is 9.94. The van der Waals surface area contributed by atoms with Crippen molar-refractivity contribution in [3.05, 3.63) is 75.1 Å². The molecular formula is C21H21FN6O3. The number of aryl methyl sites for hydroxylation is 1. The molecule has 0 unspecified atom stereocenters. The van der Waals surface area contributed by atoms with Gasteiger partial charge < -0.3 is 8.98 Å². The Bertz CT molecular complexity index is 1380. The molecule has 3 aromatic heterocycles. The molecular weight excluding hydrogens is 403 g/mol. The van der Waals surface area contributed by atoms with Gasteiger partial charge in [0.25, 0.3) is 5.56 Å². The molecule has 2 atom stereocenters. The van der Waals surface area contributed by atoms with E-state index in [0.29, 0.717) is 17.6 Å². The number of halogens is 1. The third-order valence-corrected chi connectivity index (χ3v) is 6.17. The van der Waals surface area contributed by atoms with Gasteiger partial charge in [-0.25, -0.2) is 19.2 Å². The minimum absolute atomic E-state index is 0.00728. The zero-order valence-corrected chi connectivity index (χ0v) is 17.2. The molecule has 3 heterocycles. The third-order valence-electron chi connectivity index (χ3n) is 6.17. The smallest absolute Gasteiger partial charge is 0.390 e. The number of aromatic nitrogens is 6. The SMILES string of the molecule is Cn1cnc2ncn(Cc3nn([C@@]4(C)CC[C@@H](c5ccc(F)cc5)C4)c(=O)o3)c(=O)c21. The van der Waals surface area contributed by atoms with Crippen molar-refractivity contribution in [1.82, 2.24) is 28.9 Å². The normalized spacial score (nSPS) is 21.2. The van der Waals surface area contributed by atoms with E-state index in [1.807, 2.05) is 6.92 Å². The fourth-order valence-electron chi connectivity index (χ4n) is 4.48. The number of rotatable bonds is 4. The van der Waals surface area contributed by atoms with Gasteiger partial charge in [0, 0.05) is 7.05 Å². The molecule has 0 N–H and O–H groups in total. The summed E-state index contributed by atoms with van der Waals surface area (Å²) in [5.41, 5.74) is 0.970. The minimum Gasteiger partial charge on any atom is -0.390 e. The highest BCUT2D eigenvalue weighted by atomic mass is 19.1. The van der Waals surface area contributed by atoms with Crippen LogP contribution in [0.25, 0.3) is 11.2 Å². The van der Waals surface area contributed by atoms with Gasteiger partial charge in [-0.2, -0.15) is 4.68 Å². The predicted molar refractivity (Wildman–Crippen MR) is 109 cm³/mol. The highest BCUT2D eigenvalue weighted by Crippen LogP contribution is 2.44. The van der Waals surface area contributed by atoms with Gasteiger partial charge in [-0.1, -0.05) is 12.1 Å². The highest BCUT2D eigenvalue weighted by molar-refractivity contribution is 5.68. The lowest BCUT2D eigenvalue weighted by Crippen LogP contribution is -2.35.